The molecule has 58 heavy (non-hydrogen) atoms. The number of hydrogen-bond donors (Lipinski definition) is 5. The number of pyridine rings is 1. The summed E-state index contributed by atoms with van der Waals surface area (Å²) in [6.45, 7) is 5.73. The molecule has 0 spiro atoms. The van der Waals surface area contributed by atoms with Gasteiger partial charge >= 0.3 is 11.9 Å². The number of aliphatic carboxylic acids is 1. The lowest BCUT2D eigenvalue weighted by Crippen LogP contribution is -2.58. The molecule has 1 unspecified atom stereocenters. The Morgan fingerprint density at radius 1 is 0.776 bits per heavy atom. The maximum atomic E-state index is 14.6. The maximum absolute atomic E-state index is 14.6. The van der Waals surface area contributed by atoms with Crippen molar-refractivity contribution in [1.29, 1.82) is 0 Å². The zero-order chi connectivity index (χ0) is 41.5. The molecule has 0 aliphatic carbocycles. The van der Waals surface area contributed by atoms with Gasteiger partial charge in [-0.15, -0.1) is 0 Å². The number of hydrogen-bond acceptors (Lipinski definition) is 9. The topological polar surface area (TPSA) is 185 Å². The fraction of sp³-hybridized carbons (Fsp3) is 0.378. The molecular weight excluding hydrogens is 739 g/mol. The summed E-state index contributed by atoms with van der Waals surface area (Å²) in [4.78, 5) is 72.3. The van der Waals surface area contributed by atoms with Crippen LogP contribution in [0.2, 0.25) is 0 Å². The zero-order valence-corrected chi connectivity index (χ0v) is 33.2. The van der Waals surface area contributed by atoms with Crippen molar-refractivity contribution in [2.24, 2.45) is 0 Å². The van der Waals surface area contributed by atoms with Crippen molar-refractivity contribution in [2.75, 3.05) is 6.61 Å². The predicted octanol–water partition coefficient (Wildman–Crippen LogP) is 4.78. The van der Waals surface area contributed by atoms with E-state index >= 15 is 0 Å². The number of benzene rings is 3. The molecule has 13 heteroatoms. The van der Waals surface area contributed by atoms with Crippen LogP contribution in [0.5, 0.6) is 0 Å². The summed E-state index contributed by atoms with van der Waals surface area (Å²) in [6.07, 6.45) is 4.13. The highest BCUT2D eigenvalue weighted by atomic mass is 16.6. The average molecular weight is 792 g/mol. The number of esters is 1. The fourth-order valence-corrected chi connectivity index (χ4v) is 6.98. The molecule has 4 aromatic rings. The van der Waals surface area contributed by atoms with Crippen molar-refractivity contribution >= 4 is 29.7 Å². The van der Waals surface area contributed by atoms with Crippen LogP contribution in [0.25, 0.3) is 0 Å². The standard InChI is InChI=1S/C45H53N5O8/c1-44(2,3)58-40(52)25-24-35(47-39-23-13-14-27-57-39)41(53)48-36(42(54)49-37(43(55)56)28-31-16-15-26-46-30-31)29-38(51)50-45(32-17-7-4-8-18-32,33-19-9-5-10-20-33)34-21-11-6-12-22-34/h4-12,15-22,26,30,35-37,39,47H,13-14,23-25,27-29H2,1-3H3,(H,48,53)(H,49,54)(H,50,51)(H,55,56)/t35-,36-,37-,39?/m0/s1. The Bertz CT molecular complexity index is 1860. The van der Waals surface area contributed by atoms with Crippen LogP contribution in [0.3, 0.4) is 0 Å². The van der Waals surface area contributed by atoms with Crippen molar-refractivity contribution in [3.63, 3.8) is 0 Å². The summed E-state index contributed by atoms with van der Waals surface area (Å²) in [5.41, 5.74) is 0.819. The quantitative estimate of drug-likeness (QED) is 0.0694. The van der Waals surface area contributed by atoms with Gasteiger partial charge in [0.2, 0.25) is 17.7 Å². The minimum atomic E-state index is -1.54. The molecule has 1 aliphatic heterocycles. The predicted molar refractivity (Wildman–Crippen MR) is 217 cm³/mol. The van der Waals surface area contributed by atoms with Crippen molar-refractivity contribution in [1.82, 2.24) is 26.3 Å². The van der Waals surface area contributed by atoms with Gasteiger partial charge in [0, 0.05) is 31.8 Å². The fourth-order valence-electron chi connectivity index (χ4n) is 6.98. The highest BCUT2D eigenvalue weighted by Crippen LogP contribution is 2.37. The number of nitrogens with zero attached hydrogens (tertiary/aromatic N) is 1. The molecule has 5 N–H and O–H groups in total. The molecule has 0 bridgehead atoms. The van der Waals surface area contributed by atoms with Gasteiger partial charge in [-0.25, -0.2) is 4.79 Å². The molecule has 0 saturated carbocycles. The van der Waals surface area contributed by atoms with E-state index in [0.717, 1.165) is 29.5 Å². The number of carbonyl (C=O) groups excluding carboxylic acids is 4. The zero-order valence-electron chi connectivity index (χ0n) is 33.2. The molecule has 306 valence electrons. The summed E-state index contributed by atoms with van der Waals surface area (Å²) in [6, 6.07) is 27.6. The normalized spacial score (nSPS) is 15.9. The first kappa shape index (κ1) is 43.2. The highest BCUT2D eigenvalue weighted by molar-refractivity contribution is 5.95. The van der Waals surface area contributed by atoms with Crippen LogP contribution in [0.15, 0.2) is 116 Å². The first-order chi connectivity index (χ1) is 27.8. The van der Waals surface area contributed by atoms with Crippen molar-refractivity contribution in [2.45, 2.75) is 101 Å². The molecule has 4 atom stereocenters. The minimum absolute atomic E-state index is 0.000959. The van der Waals surface area contributed by atoms with Gasteiger partial charge in [-0.2, -0.15) is 0 Å². The second-order valence-corrected chi connectivity index (χ2v) is 15.3. The van der Waals surface area contributed by atoms with Gasteiger partial charge in [-0.1, -0.05) is 97.1 Å². The third-order valence-electron chi connectivity index (χ3n) is 9.69. The molecule has 1 saturated heterocycles. The van der Waals surface area contributed by atoms with Crippen LogP contribution in [0.1, 0.15) is 81.5 Å². The second kappa shape index (κ2) is 20.5. The molecule has 2 heterocycles. The lowest BCUT2D eigenvalue weighted by Gasteiger charge is -2.37. The Labute approximate surface area is 339 Å². The van der Waals surface area contributed by atoms with E-state index in [2.05, 4.69) is 26.3 Å². The van der Waals surface area contributed by atoms with Crippen LogP contribution >= 0.6 is 0 Å². The number of aromatic nitrogens is 1. The van der Waals surface area contributed by atoms with E-state index in [4.69, 9.17) is 9.47 Å². The summed E-state index contributed by atoms with van der Waals surface area (Å²) in [5.74, 6) is -3.99. The largest absolute Gasteiger partial charge is 0.480 e. The molecular formula is C45H53N5O8. The molecule has 3 aromatic carbocycles. The van der Waals surface area contributed by atoms with Crippen LogP contribution < -0.4 is 21.3 Å². The van der Waals surface area contributed by atoms with Gasteiger partial charge in [-0.3, -0.25) is 29.5 Å². The molecule has 5 rings (SSSR count). The summed E-state index contributed by atoms with van der Waals surface area (Å²) >= 11 is 0. The Balaban J connectivity index is 1.48. The SMILES string of the molecule is CC(C)(C)OC(=O)CC[C@H](NC1CCCCO1)C(=O)N[C@@H](CC(=O)NC(c1ccccc1)(c1ccccc1)c1ccccc1)C(=O)N[C@@H](Cc1cccnc1)C(=O)O. The third kappa shape index (κ3) is 12.3. The summed E-state index contributed by atoms with van der Waals surface area (Å²) in [7, 11) is 0. The molecule has 1 aromatic heterocycles. The van der Waals surface area contributed by atoms with Crippen LogP contribution in [-0.2, 0) is 45.4 Å². The minimum Gasteiger partial charge on any atom is -0.480 e. The lowest BCUT2D eigenvalue weighted by atomic mass is 9.77. The Morgan fingerprint density at radius 2 is 1.34 bits per heavy atom. The summed E-state index contributed by atoms with van der Waals surface area (Å²) < 4.78 is 11.4. The van der Waals surface area contributed by atoms with Gasteiger partial charge in [0.05, 0.1) is 12.5 Å². The van der Waals surface area contributed by atoms with Crippen LogP contribution in [0, 0.1) is 0 Å². The van der Waals surface area contributed by atoms with E-state index in [1.165, 1.54) is 6.20 Å². The first-order valence-corrected chi connectivity index (χ1v) is 19.6. The number of amides is 3. The van der Waals surface area contributed by atoms with Gasteiger partial charge in [0.25, 0.3) is 0 Å². The van der Waals surface area contributed by atoms with Crippen molar-refractivity contribution < 1.29 is 38.6 Å². The van der Waals surface area contributed by atoms with Gasteiger partial charge in [0.15, 0.2) is 0 Å². The number of nitrogens with one attached hydrogen (secondary N) is 4. The second-order valence-electron chi connectivity index (χ2n) is 15.3. The van der Waals surface area contributed by atoms with Gasteiger partial charge in [0.1, 0.15) is 29.5 Å². The molecule has 13 nitrogen and oxygen atoms in total. The van der Waals surface area contributed by atoms with E-state index < -0.39 is 71.6 Å². The van der Waals surface area contributed by atoms with Crippen LogP contribution in [-0.4, -0.2) is 76.3 Å². The molecule has 0 radical (unpaired) electrons. The number of ether oxygens (including phenoxy) is 2. The average Bonchev–Trinajstić information content (AvgIpc) is 3.22. The van der Waals surface area contributed by atoms with E-state index in [1.54, 1.807) is 39.1 Å². The number of carboxylic acid groups (broad SMARTS) is 1. The van der Waals surface area contributed by atoms with Crippen molar-refractivity contribution in [3.8, 4) is 0 Å². The number of rotatable bonds is 18. The lowest BCUT2D eigenvalue weighted by molar-refractivity contribution is -0.155. The van der Waals surface area contributed by atoms with Gasteiger partial charge < -0.3 is 30.5 Å². The molecule has 1 aliphatic rings. The van der Waals surface area contributed by atoms with Crippen LogP contribution in [0.4, 0.5) is 0 Å². The first-order valence-electron chi connectivity index (χ1n) is 19.6. The van der Waals surface area contributed by atoms with E-state index in [0.29, 0.717) is 18.6 Å². The van der Waals surface area contributed by atoms with Gasteiger partial charge in [-0.05, 0) is 74.8 Å². The molecule has 3 amide bonds. The number of carbonyl (C=O) groups is 5. The Morgan fingerprint density at radius 3 is 1.84 bits per heavy atom. The Hall–Kier alpha value is -5.92. The third-order valence-corrected chi connectivity index (χ3v) is 9.69. The van der Waals surface area contributed by atoms with Crippen molar-refractivity contribution in [3.05, 3.63) is 138 Å². The number of carboxylic acids is 1. The van der Waals surface area contributed by atoms with E-state index in [-0.39, 0.29) is 19.3 Å². The highest BCUT2D eigenvalue weighted by Gasteiger charge is 2.40. The molecule has 1 fully saturated rings. The summed E-state index contributed by atoms with van der Waals surface area (Å²) in [5, 5.41) is 21.9. The maximum Gasteiger partial charge on any atom is 0.326 e. The smallest absolute Gasteiger partial charge is 0.326 e. The van der Waals surface area contributed by atoms with E-state index in [1.807, 2.05) is 91.0 Å². The van der Waals surface area contributed by atoms with E-state index in [9.17, 15) is 29.1 Å². The monoisotopic (exact) mass is 791 g/mol. The Kier molecular flexibility index (Phi) is 15.3.